The third-order valence-corrected chi connectivity index (χ3v) is 7.96. The second kappa shape index (κ2) is 13.2. The van der Waals surface area contributed by atoms with Gasteiger partial charge in [-0.3, -0.25) is 9.98 Å². The Bertz CT molecular complexity index is 1370. The summed E-state index contributed by atoms with van der Waals surface area (Å²) in [6, 6.07) is 40.5. The second-order valence-corrected chi connectivity index (χ2v) is 14.8. The molecule has 0 aliphatic rings. The van der Waals surface area contributed by atoms with Crippen LogP contribution in [0.4, 0.5) is 5.69 Å². The van der Waals surface area contributed by atoms with Crippen LogP contribution >= 0.6 is 36.4 Å². The van der Waals surface area contributed by atoms with Crippen LogP contribution in [0, 0.1) is 0 Å². The second-order valence-electron chi connectivity index (χ2n) is 7.62. The Hall–Kier alpha value is -2.16. The van der Waals surface area contributed by atoms with Crippen LogP contribution in [-0.4, -0.2) is 10.7 Å². The van der Waals surface area contributed by atoms with Crippen LogP contribution in [0.2, 0.25) is 0 Å². The summed E-state index contributed by atoms with van der Waals surface area (Å²) in [6.45, 7) is 2.10. The summed E-state index contributed by atoms with van der Waals surface area (Å²) in [5.74, 6) is 0. The number of nitrogens with zero attached hydrogens (tertiary/aromatic N) is 2. The van der Waals surface area contributed by atoms with Crippen molar-refractivity contribution in [2.24, 2.45) is 4.99 Å². The first-order valence-electron chi connectivity index (χ1n) is 10.9. The third-order valence-electron chi connectivity index (χ3n) is 5.46. The SMILES string of the molecule is CC(=Nc1cccc2cccnc12)c1ccccc1P(c1ccccc1)c1ccccc1.[Br][Ni][Br]. The first-order valence-corrected chi connectivity index (χ1v) is 17.2. The maximum atomic E-state index is 5.05. The van der Waals surface area contributed by atoms with Crippen molar-refractivity contribution < 1.29 is 10.9 Å². The minimum atomic E-state index is -0.705. The summed E-state index contributed by atoms with van der Waals surface area (Å²) >= 11 is 6.00. The van der Waals surface area contributed by atoms with E-state index in [1.807, 2.05) is 24.4 Å². The van der Waals surface area contributed by atoms with Crippen LogP contribution in [0.15, 0.2) is 126 Å². The summed E-state index contributed by atoms with van der Waals surface area (Å²) in [4.78, 5) is 9.63. The summed E-state index contributed by atoms with van der Waals surface area (Å²) in [7, 11) is 0.545. The van der Waals surface area contributed by atoms with Crippen LogP contribution in [0.25, 0.3) is 10.9 Å². The van der Waals surface area contributed by atoms with Gasteiger partial charge in [0.1, 0.15) is 0 Å². The van der Waals surface area contributed by atoms with Gasteiger partial charge in [0, 0.05) is 22.9 Å². The van der Waals surface area contributed by atoms with Crippen molar-refractivity contribution in [1.82, 2.24) is 4.98 Å². The third kappa shape index (κ3) is 6.54. The number of aromatic nitrogens is 1. The van der Waals surface area contributed by atoms with Crippen molar-refractivity contribution in [2.45, 2.75) is 6.92 Å². The summed E-state index contributed by atoms with van der Waals surface area (Å²) in [5.41, 5.74) is 4.01. The van der Waals surface area contributed by atoms with E-state index in [4.69, 9.17) is 4.99 Å². The fourth-order valence-corrected chi connectivity index (χ4v) is 6.48. The molecule has 0 atom stereocenters. The van der Waals surface area contributed by atoms with E-state index in [2.05, 4.69) is 137 Å². The number of pyridine rings is 1. The molecule has 0 unspecified atom stereocenters. The molecule has 1 heterocycles. The van der Waals surface area contributed by atoms with Gasteiger partial charge < -0.3 is 0 Å². The van der Waals surface area contributed by atoms with E-state index in [9.17, 15) is 0 Å². The van der Waals surface area contributed by atoms with Gasteiger partial charge in [-0.05, 0) is 42.9 Å². The van der Waals surface area contributed by atoms with Crippen LogP contribution in [0.3, 0.4) is 0 Å². The summed E-state index contributed by atoms with van der Waals surface area (Å²) in [5, 5.41) is 5.08. The predicted octanol–water partition coefficient (Wildman–Crippen LogP) is 7.82. The van der Waals surface area contributed by atoms with E-state index in [0.29, 0.717) is 0 Å². The molecule has 6 heteroatoms. The minimum absolute atomic E-state index is 0.705. The molecule has 5 rings (SSSR count). The molecular weight excluding hydrogens is 626 g/mol. The van der Waals surface area contributed by atoms with E-state index in [1.165, 1.54) is 32.4 Å². The van der Waals surface area contributed by atoms with E-state index < -0.39 is 7.92 Å². The predicted molar refractivity (Wildman–Crippen MR) is 157 cm³/mol. The van der Waals surface area contributed by atoms with Gasteiger partial charge in [-0.2, -0.15) is 0 Å². The first-order chi connectivity index (χ1) is 17.2. The average molecular weight is 649 g/mol. The quantitative estimate of drug-likeness (QED) is 0.108. The zero-order chi connectivity index (χ0) is 24.5. The average Bonchev–Trinajstić information content (AvgIpc) is 2.91. The molecule has 1 aromatic heterocycles. The Kier molecular flexibility index (Phi) is 9.80. The van der Waals surface area contributed by atoms with E-state index in [1.54, 1.807) is 0 Å². The molecule has 0 radical (unpaired) electrons. The monoisotopic (exact) mass is 646 g/mol. The molecule has 4 aromatic carbocycles. The summed E-state index contributed by atoms with van der Waals surface area (Å²) < 4.78 is 0. The molecule has 0 saturated carbocycles. The Balaban J connectivity index is 0.000000917. The van der Waals surface area contributed by atoms with E-state index in [0.717, 1.165) is 22.3 Å². The number of hydrogen-bond acceptors (Lipinski definition) is 2. The molecule has 0 N–H and O–H groups in total. The van der Waals surface area contributed by atoms with Crippen molar-refractivity contribution in [3.05, 3.63) is 127 Å². The van der Waals surface area contributed by atoms with Gasteiger partial charge >= 0.3 is 39.3 Å². The van der Waals surface area contributed by atoms with Gasteiger partial charge in [0.25, 0.3) is 0 Å². The van der Waals surface area contributed by atoms with E-state index >= 15 is 0 Å². The molecular formula is C29H23Br2N2NiP. The van der Waals surface area contributed by atoms with Crippen molar-refractivity contribution in [3.63, 3.8) is 0 Å². The number of benzene rings is 4. The molecule has 0 aliphatic carbocycles. The van der Waals surface area contributed by atoms with E-state index in [-0.39, 0.29) is 0 Å². The van der Waals surface area contributed by atoms with Crippen LogP contribution in [-0.2, 0) is 10.9 Å². The van der Waals surface area contributed by atoms with Gasteiger partial charge in [-0.1, -0.05) is 103 Å². The molecule has 2 nitrogen and oxygen atoms in total. The van der Waals surface area contributed by atoms with Gasteiger partial charge in [0.05, 0.1) is 11.2 Å². The van der Waals surface area contributed by atoms with Gasteiger partial charge in [-0.25, -0.2) is 0 Å². The van der Waals surface area contributed by atoms with Gasteiger partial charge in [0.15, 0.2) is 0 Å². The normalized spacial score (nSPS) is 11.4. The fourth-order valence-electron chi connectivity index (χ4n) is 3.98. The Morgan fingerprint density at radius 3 is 1.94 bits per heavy atom. The molecule has 35 heavy (non-hydrogen) atoms. The van der Waals surface area contributed by atoms with Crippen LogP contribution < -0.4 is 15.9 Å². The standard InChI is InChI=1S/C29H23N2P.2BrH.Ni/c1-22(31-27-19-10-12-23-13-11-21-30-29(23)27)26-18-8-9-20-28(26)32(24-14-4-2-5-15-24)25-16-6-3-7-17-25;;;/h2-21H,1H3;2*1H;/q;;;+2/p-2. The number of aliphatic imine (C=N–C) groups is 1. The Morgan fingerprint density at radius 2 is 1.29 bits per heavy atom. The molecule has 0 amide bonds. The van der Waals surface area contributed by atoms with Crippen molar-refractivity contribution in [1.29, 1.82) is 0 Å². The van der Waals surface area contributed by atoms with Gasteiger partial charge in [-0.15, -0.1) is 0 Å². The maximum absolute atomic E-state index is 5.05. The zero-order valence-electron chi connectivity index (χ0n) is 19.0. The number of fused-ring (bicyclic) bond motifs is 1. The van der Waals surface area contributed by atoms with Crippen LogP contribution in [0.1, 0.15) is 12.5 Å². The van der Waals surface area contributed by atoms with Crippen molar-refractivity contribution in [2.75, 3.05) is 0 Å². The first kappa shape index (κ1) is 25.9. The van der Waals surface area contributed by atoms with Gasteiger partial charge in [0.2, 0.25) is 0 Å². The molecule has 178 valence electrons. The molecule has 0 saturated heterocycles. The molecule has 0 fully saturated rings. The van der Waals surface area contributed by atoms with Crippen molar-refractivity contribution >= 4 is 74.6 Å². The number of para-hydroxylation sites is 1. The molecule has 0 aliphatic heterocycles. The zero-order valence-corrected chi connectivity index (χ0v) is 24.0. The van der Waals surface area contributed by atoms with Crippen LogP contribution in [0.5, 0.6) is 0 Å². The number of rotatable bonds is 5. The topological polar surface area (TPSA) is 25.2 Å². The summed E-state index contributed by atoms with van der Waals surface area (Å²) in [6.07, 6.45) is 1.83. The molecule has 0 spiro atoms. The number of hydrogen-bond donors (Lipinski definition) is 0. The molecule has 5 aromatic rings. The molecule has 0 bridgehead atoms. The Morgan fingerprint density at radius 1 is 0.714 bits per heavy atom. The number of halogens is 2. The fraction of sp³-hybridized carbons (Fsp3) is 0.0345. The van der Waals surface area contributed by atoms with Crippen molar-refractivity contribution in [3.8, 4) is 0 Å². The Labute approximate surface area is 228 Å².